The number of aryl methyl sites for hydroxylation is 2. The molecule has 2 aromatic rings. The molecule has 0 spiro atoms. The van der Waals surface area contributed by atoms with Crippen LogP contribution in [0, 0.1) is 13.8 Å². The second-order valence-corrected chi connectivity index (χ2v) is 8.02. The van der Waals surface area contributed by atoms with Crippen molar-refractivity contribution in [1.82, 2.24) is 15.1 Å². The number of thioether (sulfide) groups is 1. The second kappa shape index (κ2) is 7.15. The number of carbonyl (C=O) groups excluding carboxylic acids is 2. The summed E-state index contributed by atoms with van der Waals surface area (Å²) in [6, 6.07) is 9.71. The number of amides is 2. The normalized spacial score (nSPS) is 19.4. The topological polar surface area (TPSA) is 67.2 Å². The van der Waals surface area contributed by atoms with E-state index in [0.717, 1.165) is 22.0 Å². The molecule has 2 amide bonds. The van der Waals surface area contributed by atoms with E-state index >= 15 is 0 Å². The highest BCUT2D eigenvalue weighted by atomic mass is 32.2. The molecule has 1 aliphatic heterocycles. The summed E-state index contributed by atoms with van der Waals surface area (Å²) in [5, 5.41) is 7.31. The molecule has 0 aliphatic carbocycles. The van der Waals surface area contributed by atoms with Gasteiger partial charge >= 0.3 is 0 Å². The number of benzene rings is 1. The second-order valence-electron chi connectivity index (χ2n) is 6.56. The van der Waals surface area contributed by atoms with Crippen LogP contribution in [0.2, 0.25) is 0 Å². The molecular weight excluding hydrogens is 348 g/mol. The summed E-state index contributed by atoms with van der Waals surface area (Å²) in [5.41, 5.74) is 2.88. The molecule has 6 nitrogen and oxygen atoms in total. The predicted octanol–water partition coefficient (Wildman–Crippen LogP) is 2.53. The summed E-state index contributed by atoms with van der Waals surface area (Å²) in [6.07, 6.45) is 0. The minimum absolute atomic E-state index is 0.174. The first-order valence-electron chi connectivity index (χ1n) is 8.76. The molecule has 2 heterocycles. The Kier molecular flexibility index (Phi) is 5.09. The minimum Gasteiger partial charge on any atom is -0.353 e. The third-order valence-corrected chi connectivity index (χ3v) is 5.92. The fourth-order valence-electron chi connectivity index (χ4n) is 3.20. The van der Waals surface area contributed by atoms with Crippen LogP contribution in [0.15, 0.2) is 35.2 Å². The monoisotopic (exact) mass is 372 g/mol. The van der Waals surface area contributed by atoms with Gasteiger partial charge in [-0.05, 0) is 45.9 Å². The molecule has 1 atom stereocenters. The molecule has 26 heavy (non-hydrogen) atoms. The van der Waals surface area contributed by atoms with Gasteiger partial charge in [0.15, 0.2) is 4.75 Å². The van der Waals surface area contributed by atoms with E-state index in [1.54, 1.807) is 11.8 Å². The standard InChI is InChI=1S/C19H24N4O2S/c1-5-22-15-8-6-7-9-16(15)26-19(4,18(22)25)17(24)20-10-11-23-14(3)12-13(2)21-23/h6-9,12H,5,10-11H2,1-4H3,(H,20,24). The number of para-hydroxylation sites is 1. The van der Waals surface area contributed by atoms with E-state index < -0.39 is 4.75 Å². The van der Waals surface area contributed by atoms with Crippen molar-refractivity contribution in [2.45, 2.75) is 43.9 Å². The first-order chi connectivity index (χ1) is 12.4. The zero-order chi connectivity index (χ0) is 18.9. The zero-order valence-corrected chi connectivity index (χ0v) is 16.4. The first kappa shape index (κ1) is 18.5. The van der Waals surface area contributed by atoms with Gasteiger partial charge in [0.25, 0.3) is 5.91 Å². The lowest BCUT2D eigenvalue weighted by Crippen LogP contribution is -2.56. The third kappa shape index (κ3) is 3.23. The van der Waals surface area contributed by atoms with Gasteiger partial charge in [0.05, 0.1) is 17.9 Å². The van der Waals surface area contributed by atoms with Gasteiger partial charge < -0.3 is 10.2 Å². The van der Waals surface area contributed by atoms with Gasteiger partial charge in [-0.3, -0.25) is 14.3 Å². The van der Waals surface area contributed by atoms with Gasteiger partial charge in [-0.15, -0.1) is 0 Å². The van der Waals surface area contributed by atoms with Crippen molar-refractivity contribution in [2.24, 2.45) is 0 Å². The Balaban J connectivity index is 1.73. The summed E-state index contributed by atoms with van der Waals surface area (Å²) < 4.78 is 0.695. The lowest BCUT2D eigenvalue weighted by Gasteiger charge is -2.38. The summed E-state index contributed by atoms with van der Waals surface area (Å²) in [4.78, 5) is 28.5. The molecule has 3 rings (SSSR count). The van der Waals surface area contributed by atoms with Crippen LogP contribution in [-0.2, 0) is 16.1 Å². The zero-order valence-electron chi connectivity index (χ0n) is 15.6. The van der Waals surface area contributed by atoms with Gasteiger partial charge in [-0.2, -0.15) is 5.10 Å². The molecule has 7 heteroatoms. The maximum absolute atomic E-state index is 13.0. The summed E-state index contributed by atoms with van der Waals surface area (Å²) in [7, 11) is 0. The highest BCUT2D eigenvalue weighted by molar-refractivity contribution is 8.02. The van der Waals surface area contributed by atoms with Crippen LogP contribution in [0.4, 0.5) is 5.69 Å². The number of carbonyl (C=O) groups is 2. The molecule has 0 saturated heterocycles. The van der Waals surface area contributed by atoms with E-state index in [-0.39, 0.29) is 11.8 Å². The number of fused-ring (bicyclic) bond motifs is 1. The third-order valence-electron chi connectivity index (χ3n) is 4.59. The van der Waals surface area contributed by atoms with Gasteiger partial charge in [0.1, 0.15) is 0 Å². The maximum atomic E-state index is 13.0. The average Bonchev–Trinajstić information content (AvgIpc) is 2.93. The van der Waals surface area contributed by atoms with Crippen LogP contribution >= 0.6 is 11.8 Å². The minimum atomic E-state index is -1.17. The number of nitrogens with zero attached hydrogens (tertiary/aromatic N) is 3. The van der Waals surface area contributed by atoms with Gasteiger partial charge in [0, 0.05) is 23.7 Å². The quantitative estimate of drug-likeness (QED) is 0.819. The lowest BCUT2D eigenvalue weighted by molar-refractivity contribution is -0.131. The van der Waals surface area contributed by atoms with Gasteiger partial charge in [0.2, 0.25) is 5.91 Å². The van der Waals surface area contributed by atoms with Crippen molar-refractivity contribution < 1.29 is 9.59 Å². The number of rotatable bonds is 5. The number of hydrogen-bond donors (Lipinski definition) is 1. The molecule has 1 aromatic heterocycles. The fourth-order valence-corrected chi connectivity index (χ4v) is 4.43. The molecular formula is C19H24N4O2S. The predicted molar refractivity (Wildman–Crippen MR) is 103 cm³/mol. The lowest BCUT2D eigenvalue weighted by atomic mass is 10.1. The Bertz CT molecular complexity index is 848. The molecule has 1 unspecified atom stereocenters. The summed E-state index contributed by atoms with van der Waals surface area (Å²) >= 11 is 1.32. The molecule has 0 saturated carbocycles. The van der Waals surface area contributed by atoms with E-state index in [1.165, 1.54) is 11.8 Å². The SMILES string of the molecule is CCN1C(=O)C(C)(C(=O)NCCn2nc(C)cc2C)Sc2ccccc21. The van der Waals surface area contributed by atoms with Crippen LogP contribution in [0.3, 0.4) is 0 Å². The number of aromatic nitrogens is 2. The van der Waals surface area contributed by atoms with Crippen molar-refractivity contribution in [2.75, 3.05) is 18.0 Å². The van der Waals surface area contributed by atoms with Crippen LogP contribution in [-0.4, -0.2) is 39.4 Å². The summed E-state index contributed by atoms with van der Waals surface area (Å²) in [6.45, 7) is 9.09. The Morgan fingerprint density at radius 3 is 2.69 bits per heavy atom. The van der Waals surface area contributed by atoms with E-state index in [0.29, 0.717) is 19.6 Å². The Morgan fingerprint density at radius 2 is 2.04 bits per heavy atom. The van der Waals surface area contributed by atoms with Crippen LogP contribution in [0.1, 0.15) is 25.2 Å². The Morgan fingerprint density at radius 1 is 1.31 bits per heavy atom. The summed E-state index contributed by atoms with van der Waals surface area (Å²) in [5.74, 6) is -0.436. The maximum Gasteiger partial charge on any atom is 0.252 e. The first-order valence-corrected chi connectivity index (χ1v) is 9.58. The molecule has 0 bridgehead atoms. The highest BCUT2D eigenvalue weighted by Gasteiger charge is 2.48. The van der Waals surface area contributed by atoms with Crippen molar-refractivity contribution in [3.63, 3.8) is 0 Å². The smallest absolute Gasteiger partial charge is 0.252 e. The highest BCUT2D eigenvalue weighted by Crippen LogP contribution is 2.45. The largest absolute Gasteiger partial charge is 0.353 e. The molecule has 0 radical (unpaired) electrons. The van der Waals surface area contributed by atoms with Crippen LogP contribution in [0.5, 0.6) is 0 Å². The van der Waals surface area contributed by atoms with Crippen molar-refractivity contribution in [3.05, 3.63) is 41.7 Å². The molecule has 1 N–H and O–H groups in total. The van der Waals surface area contributed by atoms with E-state index in [4.69, 9.17) is 0 Å². The van der Waals surface area contributed by atoms with Gasteiger partial charge in [-0.25, -0.2) is 0 Å². The van der Waals surface area contributed by atoms with E-state index in [9.17, 15) is 9.59 Å². The Labute approximate surface area is 157 Å². The van der Waals surface area contributed by atoms with E-state index in [2.05, 4.69) is 10.4 Å². The van der Waals surface area contributed by atoms with Crippen molar-refractivity contribution in [1.29, 1.82) is 0 Å². The molecule has 138 valence electrons. The fraction of sp³-hybridized carbons (Fsp3) is 0.421. The molecule has 0 fully saturated rings. The molecule has 1 aliphatic rings. The van der Waals surface area contributed by atoms with Crippen molar-refractivity contribution >= 4 is 29.3 Å². The van der Waals surface area contributed by atoms with E-state index in [1.807, 2.05) is 55.8 Å². The van der Waals surface area contributed by atoms with Crippen LogP contribution < -0.4 is 10.2 Å². The number of nitrogens with one attached hydrogen (secondary N) is 1. The van der Waals surface area contributed by atoms with Crippen molar-refractivity contribution in [3.8, 4) is 0 Å². The molecule has 1 aromatic carbocycles. The number of hydrogen-bond acceptors (Lipinski definition) is 4. The number of anilines is 1. The Hall–Kier alpha value is -2.28. The van der Waals surface area contributed by atoms with Gasteiger partial charge in [-0.1, -0.05) is 23.9 Å². The average molecular weight is 372 g/mol. The van der Waals surface area contributed by atoms with Crippen LogP contribution in [0.25, 0.3) is 0 Å².